The fourth-order valence-electron chi connectivity index (χ4n) is 1.77. The number of aromatic nitrogens is 2. The van der Waals surface area contributed by atoms with E-state index in [1.807, 2.05) is 37.3 Å². The van der Waals surface area contributed by atoms with Crippen LogP contribution in [-0.2, 0) is 0 Å². The smallest absolute Gasteiger partial charge is 0.163 e. The van der Waals surface area contributed by atoms with Crippen LogP contribution < -0.4 is 11.1 Å². The average Bonchev–Trinajstić information content (AvgIpc) is 2.39. The monoisotopic (exact) mass is 258 g/mol. The molecule has 0 saturated heterocycles. The molecule has 0 aliphatic heterocycles. The summed E-state index contributed by atoms with van der Waals surface area (Å²) in [6.07, 6.45) is 0.657. The molecule has 0 aliphatic carbocycles. The highest BCUT2D eigenvalue weighted by Crippen LogP contribution is 2.19. The summed E-state index contributed by atoms with van der Waals surface area (Å²) in [6.45, 7) is 2.12. The topological polar surface area (TPSA) is 84.1 Å². The lowest BCUT2D eigenvalue weighted by Gasteiger charge is -2.14. The molecule has 0 bridgehead atoms. The molecule has 1 aromatic heterocycles. The molecule has 100 valence electrons. The lowest BCUT2D eigenvalue weighted by molar-refractivity contribution is 0.282. The molecule has 19 heavy (non-hydrogen) atoms. The van der Waals surface area contributed by atoms with Crippen molar-refractivity contribution in [1.82, 2.24) is 9.97 Å². The van der Waals surface area contributed by atoms with Gasteiger partial charge in [-0.3, -0.25) is 0 Å². The van der Waals surface area contributed by atoms with Crippen molar-refractivity contribution >= 4 is 11.6 Å². The summed E-state index contributed by atoms with van der Waals surface area (Å²) >= 11 is 0. The molecule has 0 spiro atoms. The van der Waals surface area contributed by atoms with Gasteiger partial charge in [0, 0.05) is 24.3 Å². The van der Waals surface area contributed by atoms with Crippen molar-refractivity contribution in [1.29, 1.82) is 0 Å². The summed E-state index contributed by atoms with van der Waals surface area (Å²) in [7, 11) is 0. The Bertz CT molecular complexity index is 530. The van der Waals surface area contributed by atoms with Crippen LogP contribution in [0.3, 0.4) is 0 Å². The maximum atomic E-state index is 8.90. The van der Waals surface area contributed by atoms with Gasteiger partial charge in [-0.2, -0.15) is 0 Å². The van der Waals surface area contributed by atoms with E-state index in [9.17, 15) is 0 Å². The average molecular weight is 258 g/mol. The van der Waals surface area contributed by atoms with Crippen LogP contribution in [0.1, 0.15) is 13.3 Å². The van der Waals surface area contributed by atoms with E-state index in [-0.39, 0.29) is 12.6 Å². The summed E-state index contributed by atoms with van der Waals surface area (Å²) in [5.74, 6) is 1.69. The zero-order chi connectivity index (χ0) is 13.7. The lowest BCUT2D eigenvalue weighted by Crippen LogP contribution is -2.18. The van der Waals surface area contributed by atoms with Crippen molar-refractivity contribution in [2.75, 3.05) is 17.7 Å². The van der Waals surface area contributed by atoms with Crippen LogP contribution in [0.2, 0.25) is 0 Å². The molecule has 4 N–H and O–H groups in total. The Labute approximate surface area is 112 Å². The molecule has 5 heteroatoms. The minimum atomic E-state index is 0.128. The molecule has 0 aliphatic rings. The fourth-order valence-corrected chi connectivity index (χ4v) is 1.77. The quantitative estimate of drug-likeness (QED) is 0.763. The molecule has 0 saturated carbocycles. The summed E-state index contributed by atoms with van der Waals surface area (Å²) < 4.78 is 0. The number of anilines is 2. The minimum absolute atomic E-state index is 0.128. The van der Waals surface area contributed by atoms with E-state index in [0.717, 1.165) is 5.56 Å². The molecular formula is C14H18N4O. The van der Waals surface area contributed by atoms with E-state index in [2.05, 4.69) is 15.3 Å². The maximum Gasteiger partial charge on any atom is 0.163 e. The van der Waals surface area contributed by atoms with Crippen molar-refractivity contribution in [2.24, 2.45) is 0 Å². The molecule has 2 rings (SSSR count). The normalized spacial score (nSPS) is 12.1. The number of hydrogen-bond donors (Lipinski definition) is 3. The van der Waals surface area contributed by atoms with E-state index in [4.69, 9.17) is 10.8 Å². The van der Waals surface area contributed by atoms with Gasteiger partial charge in [0.2, 0.25) is 0 Å². The molecule has 0 fully saturated rings. The van der Waals surface area contributed by atoms with Crippen LogP contribution in [0.25, 0.3) is 11.4 Å². The third-order valence-corrected chi connectivity index (χ3v) is 2.73. The highest BCUT2D eigenvalue weighted by Gasteiger charge is 2.07. The van der Waals surface area contributed by atoms with Crippen LogP contribution in [0, 0.1) is 0 Å². The summed E-state index contributed by atoms with van der Waals surface area (Å²) in [5.41, 5.74) is 6.73. The molecule has 0 radical (unpaired) electrons. The third-order valence-electron chi connectivity index (χ3n) is 2.73. The van der Waals surface area contributed by atoms with Gasteiger partial charge in [0.1, 0.15) is 11.6 Å². The fraction of sp³-hybridized carbons (Fsp3) is 0.286. The summed E-state index contributed by atoms with van der Waals surface area (Å²) in [5, 5.41) is 12.1. The maximum absolute atomic E-state index is 8.90. The van der Waals surface area contributed by atoms with Crippen molar-refractivity contribution < 1.29 is 5.11 Å². The Hall–Kier alpha value is -2.14. The van der Waals surface area contributed by atoms with E-state index in [1.165, 1.54) is 0 Å². The highest BCUT2D eigenvalue weighted by atomic mass is 16.3. The molecule has 5 nitrogen and oxygen atoms in total. The van der Waals surface area contributed by atoms with E-state index >= 15 is 0 Å². The molecule has 1 unspecified atom stereocenters. The van der Waals surface area contributed by atoms with Gasteiger partial charge in [-0.05, 0) is 13.3 Å². The van der Waals surface area contributed by atoms with Gasteiger partial charge >= 0.3 is 0 Å². The number of benzene rings is 1. The first-order chi connectivity index (χ1) is 9.19. The molecule has 1 atom stereocenters. The Balaban J connectivity index is 2.25. The largest absolute Gasteiger partial charge is 0.396 e. The molecule has 2 aromatic rings. The van der Waals surface area contributed by atoms with Crippen LogP contribution >= 0.6 is 0 Å². The van der Waals surface area contributed by atoms with Gasteiger partial charge in [0.25, 0.3) is 0 Å². The zero-order valence-corrected chi connectivity index (χ0v) is 10.9. The van der Waals surface area contributed by atoms with E-state index < -0.39 is 0 Å². The first-order valence-corrected chi connectivity index (χ1v) is 6.26. The van der Waals surface area contributed by atoms with Crippen LogP contribution in [0.4, 0.5) is 11.6 Å². The van der Waals surface area contributed by atoms with Gasteiger partial charge in [-0.25, -0.2) is 9.97 Å². The van der Waals surface area contributed by atoms with Gasteiger partial charge in [0.15, 0.2) is 5.82 Å². The molecule has 1 aromatic carbocycles. The third kappa shape index (κ3) is 3.66. The van der Waals surface area contributed by atoms with Gasteiger partial charge in [-0.15, -0.1) is 0 Å². The summed E-state index contributed by atoms with van der Waals surface area (Å²) in [4.78, 5) is 8.68. The van der Waals surface area contributed by atoms with Crippen molar-refractivity contribution in [3.63, 3.8) is 0 Å². The Morgan fingerprint density at radius 2 is 2.00 bits per heavy atom. The van der Waals surface area contributed by atoms with Crippen LogP contribution in [-0.4, -0.2) is 27.7 Å². The summed E-state index contributed by atoms with van der Waals surface area (Å²) in [6, 6.07) is 11.5. The number of hydrogen-bond acceptors (Lipinski definition) is 5. The van der Waals surface area contributed by atoms with Gasteiger partial charge in [0.05, 0.1) is 0 Å². The van der Waals surface area contributed by atoms with E-state index in [0.29, 0.717) is 23.9 Å². The van der Waals surface area contributed by atoms with Crippen molar-refractivity contribution in [3.05, 3.63) is 36.4 Å². The second kappa shape index (κ2) is 6.15. The standard InChI is InChI=1S/C14H18N4O/c1-10(7-8-19)16-13-9-12(15)17-14(18-13)11-5-3-2-4-6-11/h2-6,9-10,19H,7-8H2,1H3,(H3,15,16,17,18). The Kier molecular flexibility index (Phi) is 4.30. The highest BCUT2D eigenvalue weighted by molar-refractivity contribution is 5.60. The number of rotatable bonds is 5. The number of nitrogens with zero attached hydrogens (tertiary/aromatic N) is 2. The predicted octanol–water partition coefficient (Wildman–Crippen LogP) is 1.91. The zero-order valence-electron chi connectivity index (χ0n) is 10.9. The minimum Gasteiger partial charge on any atom is -0.396 e. The molecule has 1 heterocycles. The number of nitrogens with two attached hydrogens (primary N) is 1. The van der Waals surface area contributed by atoms with Crippen molar-refractivity contribution in [2.45, 2.75) is 19.4 Å². The SMILES string of the molecule is CC(CCO)Nc1cc(N)nc(-c2ccccc2)n1. The first-order valence-electron chi connectivity index (χ1n) is 6.26. The van der Waals surface area contributed by atoms with Crippen LogP contribution in [0.5, 0.6) is 0 Å². The molecular weight excluding hydrogens is 240 g/mol. The number of aliphatic hydroxyl groups excluding tert-OH is 1. The van der Waals surface area contributed by atoms with E-state index in [1.54, 1.807) is 6.07 Å². The molecule has 0 amide bonds. The Morgan fingerprint density at radius 1 is 1.26 bits per heavy atom. The first kappa shape index (κ1) is 13.3. The van der Waals surface area contributed by atoms with Crippen LogP contribution in [0.15, 0.2) is 36.4 Å². The second-order valence-corrected chi connectivity index (χ2v) is 4.43. The predicted molar refractivity (Wildman–Crippen MR) is 76.7 cm³/mol. The second-order valence-electron chi connectivity index (χ2n) is 4.43. The lowest BCUT2D eigenvalue weighted by atomic mass is 10.2. The number of aliphatic hydroxyl groups is 1. The van der Waals surface area contributed by atoms with Gasteiger partial charge < -0.3 is 16.2 Å². The number of nitrogen functional groups attached to an aromatic ring is 1. The number of nitrogens with one attached hydrogen (secondary N) is 1. The Morgan fingerprint density at radius 3 is 2.68 bits per heavy atom. The van der Waals surface area contributed by atoms with Crippen molar-refractivity contribution in [3.8, 4) is 11.4 Å². The van der Waals surface area contributed by atoms with Gasteiger partial charge in [-0.1, -0.05) is 30.3 Å².